The van der Waals surface area contributed by atoms with Gasteiger partial charge in [-0.3, -0.25) is 10.2 Å². The van der Waals surface area contributed by atoms with Crippen LogP contribution in [0.1, 0.15) is 13.8 Å². The summed E-state index contributed by atoms with van der Waals surface area (Å²) in [4.78, 5) is 2.27. The number of likely N-dealkylation sites (N-methyl/N-ethyl adjacent to an activating group) is 1. The van der Waals surface area contributed by atoms with E-state index in [0.29, 0.717) is 0 Å². The molecule has 1 atom stereocenters. The van der Waals surface area contributed by atoms with Crippen LogP contribution in [0, 0.1) is 11.3 Å². The summed E-state index contributed by atoms with van der Waals surface area (Å²) in [5, 5.41) is 12.3. The van der Waals surface area contributed by atoms with Crippen molar-refractivity contribution >= 4 is 0 Å². The van der Waals surface area contributed by atoms with Crippen LogP contribution in [-0.4, -0.2) is 49.8 Å². The summed E-state index contributed by atoms with van der Waals surface area (Å²) in [7, 11) is 0. The van der Waals surface area contributed by atoms with Crippen LogP contribution in [0.5, 0.6) is 0 Å². The first-order valence-electron chi connectivity index (χ1n) is 5.16. The van der Waals surface area contributed by atoms with Crippen LogP contribution in [0.3, 0.4) is 0 Å². The predicted molar refractivity (Wildman–Crippen MR) is 55.0 cm³/mol. The van der Waals surface area contributed by atoms with Crippen molar-refractivity contribution in [2.75, 3.05) is 39.4 Å². The summed E-state index contributed by atoms with van der Waals surface area (Å²) in [5.41, 5.74) is -0.425. The Balaban J connectivity index is 2.42. The van der Waals surface area contributed by atoms with Crippen LogP contribution in [0.15, 0.2) is 0 Å². The lowest BCUT2D eigenvalue weighted by Gasteiger charge is -2.33. The van der Waals surface area contributed by atoms with Gasteiger partial charge in [0.15, 0.2) is 0 Å². The molecule has 1 aliphatic rings. The maximum atomic E-state index is 9.08. The Bertz CT molecular complexity index is 208. The fourth-order valence-electron chi connectivity index (χ4n) is 1.73. The maximum Gasteiger partial charge on any atom is 0.116 e. The summed E-state index contributed by atoms with van der Waals surface area (Å²) in [6.07, 6.45) is 0. The van der Waals surface area contributed by atoms with Gasteiger partial charge in [-0.25, -0.2) is 0 Å². The molecule has 0 bridgehead atoms. The van der Waals surface area contributed by atoms with Crippen LogP contribution < -0.4 is 5.32 Å². The molecule has 1 rings (SSSR count). The molecule has 1 aliphatic heterocycles. The molecule has 0 spiro atoms. The van der Waals surface area contributed by atoms with Gasteiger partial charge in [0, 0.05) is 19.6 Å². The molecule has 0 aliphatic carbocycles. The summed E-state index contributed by atoms with van der Waals surface area (Å²) >= 11 is 0. The third-order valence-electron chi connectivity index (χ3n) is 2.46. The largest absolute Gasteiger partial charge is 0.379 e. The Labute approximate surface area is 85.8 Å². The molecular weight excluding hydrogens is 178 g/mol. The Morgan fingerprint density at radius 2 is 2.14 bits per heavy atom. The van der Waals surface area contributed by atoms with Crippen LogP contribution in [0.25, 0.3) is 0 Å². The molecule has 0 saturated carbocycles. The molecule has 0 aromatic heterocycles. The minimum absolute atomic E-state index is 0.425. The average molecular weight is 197 g/mol. The van der Waals surface area contributed by atoms with Crippen LogP contribution in [0.4, 0.5) is 0 Å². The summed E-state index contributed by atoms with van der Waals surface area (Å²) < 4.78 is 5.26. The maximum absolute atomic E-state index is 9.08. The molecule has 0 radical (unpaired) electrons. The summed E-state index contributed by atoms with van der Waals surface area (Å²) in [6.45, 7) is 9.02. The highest BCUT2D eigenvalue weighted by molar-refractivity contribution is 5.05. The van der Waals surface area contributed by atoms with Gasteiger partial charge in [0.25, 0.3) is 0 Å². The molecule has 80 valence electrons. The zero-order valence-electron chi connectivity index (χ0n) is 9.05. The lowest BCUT2D eigenvalue weighted by atomic mass is 10.0. The molecule has 0 amide bonds. The number of nitriles is 1. The van der Waals surface area contributed by atoms with E-state index in [-0.39, 0.29) is 0 Å². The van der Waals surface area contributed by atoms with E-state index in [1.807, 2.05) is 13.8 Å². The second-order valence-corrected chi connectivity index (χ2v) is 3.86. The van der Waals surface area contributed by atoms with Gasteiger partial charge in [-0.2, -0.15) is 5.26 Å². The Kier molecular flexibility index (Phi) is 4.33. The third-order valence-corrected chi connectivity index (χ3v) is 2.46. The van der Waals surface area contributed by atoms with Gasteiger partial charge in [-0.15, -0.1) is 0 Å². The number of hydrogen-bond acceptors (Lipinski definition) is 4. The topological polar surface area (TPSA) is 48.3 Å². The van der Waals surface area contributed by atoms with Gasteiger partial charge in [-0.05, 0) is 13.5 Å². The first-order valence-corrected chi connectivity index (χ1v) is 5.16. The highest BCUT2D eigenvalue weighted by atomic mass is 16.5. The van der Waals surface area contributed by atoms with Crippen LogP contribution in [0.2, 0.25) is 0 Å². The van der Waals surface area contributed by atoms with Gasteiger partial charge in [0.2, 0.25) is 0 Å². The first kappa shape index (κ1) is 11.4. The zero-order chi connectivity index (χ0) is 10.4. The molecule has 1 saturated heterocycles. The van der Waals surface area contributed by atoms with Gasteiger partial charge < -0.3 is 4.74 Å². The molecule has 14 heavy (non-hydrogen) atoms. The predicted octanol–water partition coefficient (Wildman–Crippen LogP) is 0.210. The number of morpholine rings is 1. The van der Waals surface area contributed by atoms with Crippen molar-refractivity contribution in [1.29, 1.82) is 5.26 Å². The fourth-order valence-corrected chi connectivity index (χ4v) is 1.73. The SMILES string of the molecule is CCNC(C)(C#N)CN1CCOCC1. The van der Waals surface area contributed by atoms with Crippen LogP contribution >= 0.6 is 0 Å². The first-order chi connectivity index (χ1) is 6.70. The van der Waals surface area contributed by atoms with E-state index in [1.165, 1.54) is 0 Å². The smallest absolute Gasteiger partial charge is 0.116 e. The van der Waals surface area contributed by atoms with Gasteiger partial charge in [-0.1, -0.05) is 6.92 Å². The van der Waals surface area contributed by atoms with Crippen molar-refractivity contribution in [1.82, 2.24) is 10.2 Å². The van der Waals surface area contributed by atoms with Gasteiger partial charge >= 0.3 is 0 Å². The van der Waals surface area contributed by atoms with E-state index in [2.05, 4.69) is 16.3 Å². The third kappa shape index (κ3) is 3.26. The van der Waals surface area contributed by atoms with E-state index >= 15 is 0 Å². The van der Waals surface area contributed by atoms with E-state index in [4.69, 9.17) is 10.00 Å². The standard InChI is InChI=1S/C10H19N3O/c1-3-12-10(2,8-11)9-13-4-6-14-7-5-13/h12H,3-7,9H2,1-2H3. The minimum Gasteiger partial charge on any atom is -0.379 e. The molecule has 0 aromatic rings. The van der Waals surface area contributed by atoms with Crippen molar-refractivity contribution in [3.8, 4) is 6.07 Å². The molecular formula is C10H19N3O. The van der Waals surface area contributed by atoms with Gasteiger partial charge in [0.1, 0.15) is 5.54 Å². The number of hydrogen-bond donors (Lipinski definition) is 1. The van der Waals surface area contributed by atoms with E-state index in [0.717, 1.165) is 39.4 Å². The Hall–Kier alpha value is -0.630. The number of nitrogens with one attached hydrogen (secondary N) is 1. The van der Waals surface area contributed by atoms with Gasteiger partial charge in [0.05, 0.1) is 19.3 Å². The summed E-state index contributed by atoms with van der Waals surface area (Å²) in [5.74, 6) is 0. The van der Waals surface area contributed by atoms with E-state index in [9.17, 15) is 0 Å². The lowest BCUT2D eigenvalue weighted by molar-refractivity contribution is 0.0302. The minimum atomic E-state index is -0.425. The quantitative estimate of drug-likeness (QED) is 0.700. The molecule has 1 heterocycles. The monoisotopic (exact) mass is 197 g/mol. The highest BCUT2D eigenvalue weighted by Gasteiger charge is 2.26. The molecule has 4 nitrogen and oxygen atoms in total. The van der Waals surface area contributed by atoms with Crippen LogP contribution in [-0.2, 0) is 4.74 Å². The Morgan fingerprint density at radius 3 is 2.64 bits per heavy atom. The second kappa shape index (κ2) is 5.30. The number of ether oxygens (including phenoxy) is 1. The molecule has 4 heteroatoms. The fraction of sp³-hybridized carbons (Fsp3) is 0.900. The van der Waals surface area contributed by atoms with E-state index < -0.39 is 5.54 Å². The molecule has 1 fully saturated rings. The average Bonchev–Trinajstić information content (AvgIpc) is 2.20. The Morgan fingerprint density at radius 1 is 1.50 bits per heavy atom. The molecule has 1 N–H and O–H groups in total. The normalized spacial score (nSPS) is 22.6. The van der Waals surface area contributed by atoms with Crippen molar-refractivity contribution < 1.29 is 4.74 Å². The summed E-state index contributed by atoms with van der Waals surface area (Å²) in [6, 6.07) is 2.33. The van der Waals surface area contributed by atoms with Crippen molar-refractivity contribution in [3.63, 3.8) is 0 Å². The highest BCUT2D eigenvalue weighted by Crippen LogP contribution is 2.07. The number of rotatable bonds is 4. The second-order valence-electron chi connectivity index (χ2n) is 3.86. The zero-order valence-corrected chi connectivity index (χ0v) is 9.05. The van der Waals surface area contributed by atoms with Crippen molar-refractivity contribution in [2.24, 2.45) is 0 Å². The van der Waals surface area contributed by atoms with E-state index in [1.54, 1.807) is 0 Å². The van der Waals surface area contributed by atoms with Crippen molar-refractivity contribution in [2.45, 2.75) is 19.4 Å². The lowest BCUT2D eigenvalue weighted by Crippen LogP contribution is -2.52. The molecule has 1 unspecified atom stereocenters. The van der Waals surface area contributed by atoms with Crippen molar-refractivity contribution in [3.05, 3.63) is 0 Å². The number of nitrogens with zero attached hydrogens (tertiary/aromatic N) is 2. The molecule has 0 aromatic carbocycles.